The minimum Gasteiger partial charge on any atom is -0.439 e. The molecular weight excluding hydrogens is 422 g/mol. The molecule has 3 aromatic carbocycles. The van der Waals surface area contributed by atoms with Crippen molar-refractivity contribution in [2.75, 3.05) is 0 Å². The van der Waals surface area contributed by atoms with Gasteiger partial charge >= 0.3 is 5.97 Å². The van der Waals surface area contributed by atoms with Crippen LogP contribution in [0.1, 0.15) is 16.7 Å². The summed E-state index contributed by atoms with van der Waals surface area (Å²) in [5.41, 5.74) is 0.891. The van der Waals surface area contributed by atoms with Gasteiger partial charge in [0.15, 0.2) is 0 Å². The molecule has 1 heterocycles. The Labute approximate surface area is 182 Å². The average Bonchev–Trinajstić information content (AvgIpc) is 2.99. The highest BCUT2D eigenvalue weighted by molar-refractivity contribution is 6.32. The van der Waals surface area contributed by atoms with E-state index in [-0.39, 0.29) is 21.8 Å². The fraction of sp³-hybridized carbons (Fsp3) is 0.130. The number of Topliss-reactive ketones (excluding diaryl/α,β-unsaturated/α-hetero) is 1. The van der Waals surface area contributed by atoms with Gasteiger partial charge in [0, 0.05) is 28.3 Å². The molecule has 8 heteroatoms. The number of benzene rings is 3. The van der Waals surface area contributed by atoms with Gasteiger partial charge in [-0.15, -0.1) is 0 Å². The van der Waals surface area contributed by atoms with Crippen LogP contribution >= 0.6 is 11.6 Å². The Hall–Kier alpha value is -3.55. The van der Waals surface area contributed by atoms with Crippen LogP contribution in [0.25, 0.3) is 11.1 Å². The number of hydrogen-bond donors (Lipinski definition) is 1. The van der Waals surface area contributed by atoms with Gasteiger partial charge in [0.1, 0.15) is 0 Å². The number of carbonyl (C=O) groups excluding carboxylic acids is 2. The van der Waals surface area contributed by atoms with Crippen molar-refractivity contribution in [1.29, 1.82) is 0 Å². The number of carbonyl (C=O) groups is 2. The number of nitrogens with zero attached hydrogens (tertiary/aromatic N) is 1. The summed E-state index contributed by atoms with van der Waals surface area (Å²) in [7, 11) is 0. The molecule has 0 radical (unpaired) electrons. The molecular formula is C23H16ClNO6. The van der Waals surface area contributed by atoms with Crippen LogP contribution in [0, 0.1) is 17.0 Å². The van der Waals surface area contributed by atoms with Gasteiger partial charge in [0.2, 0.25) is 17.5 Å². The van der Waals surface area contributed by atoms with Gasteiger partial charge in [-0.05, 0) is 36.2 Å². The first kappa shape index (κ1) is 20.7. The predicted molar refractivity (Wildman–Crippen MR) is 113 cm³/mol. The third kappa shape index (κ3) is 3.37. The van der Waals surface area contributed by atoms with Gasteiger partial charge in [-0.1, -0.05) is 53.6 Å². The molecule has 1 aliphatic rings. The number of halogens is 1. The summed E-state index contributed by atoms with van der Waals surface area (Å²) >= 11 is 6.54. The van der Waals surface area contributed by atoms with Crippen LogP contribution in [-0.4, -0.2) is 27.9 Å². The smallest absolute Gasteiger partial charge is 0.344 e. The molecule has 0 aromatic heterocycles. The minimum absolute atomic E-state index is 0.145. The SMILES string of the molecule is Cc1ccc(-c2ccc(C3(c4ccc([N+](=O)[O-])cc4)OC(=O)C(O)C3=O)c(Cl)c2)cc1. The highest BCUT2D eigenvalue weighted by atomic mass is 35.5. The van der Waals surface area contributed by atoms with Gasteiger partial charge in [-0.3, -0.25) is 14.9 Å². The Bertz CT molecular complexity index is 1210. The molecule has 3 aromatic rings. The maximum Gasteiger partial charge on any atom is 0.344 e. The number of hydrogen-bond acceptors (Lipinski definition) is 6. The average molecular weight is 438 g/mol. The summed E-state index contributed by atoms with van der Waals surface area (Å²) in [5, 5.41) is 21.2. The first-order valence-electron chi connectivity index (χ1n) is 9.31. The monoisotopic (exact) mass is 437 g/mol. The Morgan fingerprint density at radius 3 is 2.13 bits per heavy atom. The quantitative estimate of drug-likeness (QED) is 0.286. The molecule has 0 spiro atoms. The van der Waals surface area contributed by atoms with E-state index in [2.05, 4.69) is 0 Å². The molecule has 1 saturated heterocycles. The van der Waals surface area contributed by atoms with Crippen LogP contribution in [0.2, 0.25) is 5.02 Å². The van der Waals surface area contributed by atoms with Crippen molar-refractivity contribution in [2.45, 2.75) is 18.6 Å². The number of aryl methyl sites for hydroxylation is 1. The molecule has 0 saturated carbocycles. The zero-order valence-electron chi connectivity index (χ0n) is 16.2. The van der Waals surface area contributed by atoms with Crippen molar-refractivity contribution in [3.63, 3.8) is 0 Å². The lowest BCUT2D eigenvalue weighted by Crippen LogP contribution is -2.37. The molecule has 156 valence electrons. The van der Waals surface area contributed by atoms with E-state index in [0.717, 1.165) is 16.7 Å². The molecule has 1 fully saturated rings. The van der Waals surface area contributed by atoms with E-state index in [1.165, 1.54) is 24.3 Å². The summed E-state index contributed by atoms with van der Waals surface area (Å²) in [6.45, 7) is 1.97. The largest absolute Gasteiger partial charge is 0.439 e. The van der Waals surface area contributed by atoms with Crippen molar-refractivity contribution >= 4 is 29.0 Å². The summed E-state index contributed by atoms with van der Waals surface area (Å²) in [6, 6.07) is 17.7. The zero-order valence-corrected chi connectivity index (χ0v) is 17.0. The molecule has 0 bridgehead atoms. The molecule has 0 aliphatic carbocycles. The maximum absolute atomic E-state index is 13.0. The third-order valence-corrected chi connectivity index (χ3v) is 5.60. The van der Waals surface area contributed by atoms with Crippen LogP contribution in [0.3, 0.4) is 0 Å². The van der Waals surface area contributed by atoms with Gasteiger partial charge in [0.05, 0.1) is 4.92 Å². The van der Waals surface area contributed by atoms with Gasteiger partial charge in [0.25, 0.3) is 5.69 Å². The molecule has 0 amide bonds. The number of cyclic esters (lactones) is 1. The second kappa shape index (κ2) is 7.61. The molecule has 7 nitrogen and oxygen atoms in total. The summed E-state index contributed by atoms with van der Waals surface area (Å²) in [6.07, 6.45) is -1.98. The van der Waals surface area contributed by atoms with Crippen LogP contribution < -0.4 is 0 Å². The molecule has 2 atom stereocenters. The first-order valence-corrected chi connectivity index (χ1v) is 9.69. The number of esters is 1. The summed E-state index contributed by atoms with van der Waals surface area (Å²) in [4.78, 5) is 35.5. The van der Waals surface area contributed by atoms with Crippen molar-refractivity contribution in [3.8, 4) is 11.1 Å². The Morgan fingerprint density at radius 1 is 1.00 bits per heavy atom. The van der Waals surface area contributed by atoms with E-state index < -0.39 is 28.4 Å². The molecule has 2 unspecified atom stereocenters. The number of ketones is 1. The molecule has 31 heavy (non-hydrogen) atoms. The number of nitro groups is 1. The number of aliphatic hydroxyl groups is 1. The molecule has 1 aliphatic heterocycles. The van der Waals surface area contributed by atoms with Gasteiger partial charge in [-0.25, -0.2) is 4.79 Å². The van der Waals surface area contributed by atoms with Crippen molar-refractivity contribution < 1.29 is 24.4 Å². The van der Waals surface area contributed by atoms with Crippen LogP contribution in [0.5, 0.6) is 0 Å². The summed E-state index contributed by atoms with van der Waals surface area (Å²) in [5.74, 6) is -2.02. The number of rotatable bonds is 4. The van der Waals surface area contributed by atoms with E-state index >= 15 is 0 Å². The molecule has 1 N–H and O–H groups in total. The Morgan fingerprint density at radius 2 is 1.61 bits per heavy atom. The second-order valence-corrected chi connectivity index (χ2v) is 7.64. The van der Waals surface area contributed by atoms with Crippen LogP contribution in [-0.2, 0) is 19.9 Å². The Balaban J connectivity index is 1.87. The van der Waals surface area contributed by atoms with E-state index in [1.807, 2.05) is 31.2 Å². The number of ether oxygens (including phenoxy) is 1. The lowest BCUT2D eigenvalue weighted by atomic mass is 9.81. The fourth-order valence-electron chi connectivity index (χ4n) is 3.65. The topological polar surface area (TPSA) is 107 Å². The first-order chi connectivity index (χ1) is 14.7. The number of nitro benzene ring substituents is 1. The van der Waals surface area contributed by atoms with E-state index in [1.54, 1.807) is 18.2 Å². The fourth-order valence-corrected chi connectivity index (χ4v) is 3.96. The number of non-ortho nitro benzene ring substituents is 1. The normalized spacial score (nSPS) is 20.5. The Kier molecular flexibility index (Phi) is 5.08. The summed E-state index contributed by atoms with van der Waals surface area (Å²) < 4.78 is 5.40. The standard InChI is InChI=1S/C23H16ClNO6/c1-13-2-4-14(5-3-13)15-6-11-18(19(24)12-15)23(21(27)20(26)22(28)31-23)16-7-9-17(10-8-16)25(29)30/h2-12,20,26H,1H3. The lowest BCUT2D eigenvalue weighted by Gasteiger charge is -2.28. The lowest BCUT2D eigenvalue weighted by molar-refractivity contribution is -0.384. The van der Waals surface area contributed by atoms with E-state index in [0.29, 0.717) is 0 Å². The maximum atomic E-state index is 13.0. The van der Waals surface area contributed by atoms with Crippen LogP contribution in [0.4, 0.5) is 5.69 Å². The van der Waals surface area contributed by atoms with Crippen LogP contribution in [0.15, 0.2) is 66.7 Å². The third-order valence-electron chi connectivity index (χ3n) is 5.29. The van der Waals surface area contributed by atoms with E-state index in [9.17, 15) is 24.8 Å². The highest BCUT2D eigenvalue weighted by Crippen LogP contribution is 2.44. The second-order valence-electron chi connectivity index (χ2n) is 7.23. The minimum atomic E-state index is -2.01. The van der Waals surface area contributed by atoms with Crippen molar-refractivity contribution in [3.05, 3.63) is 98.6 Å². The van der Waals surface area contributed by atoms with Gasteiger partial charge < -0.3 is 9.84 Å². The predicted octanol–water partition coefficient (Wildman–Crippen LogP) is 3.95. The highest BCUT2D eigenvalue weighted by Gasteiger charge is 2.58. The number of aliphatic hydroxyl groups excluding tert-OH is 1. The van der Waals surface area contributed by atoms with E-state index in [4.69, 9.17) is 16.3 Å². The van der Waals surface area contributed by atoms with Gasteiger partial charge in [-0.2, -0.15) is 0 Å². The van der Waals surface area contributed by atoms with Crippen molar-refractivity contribution in [2.24, 2.45) is 0 Å². The molecule has 4 rings (SSSR count). The zero-order chi connectivity index (χ0) is 22.3. The van der Waals surface area contributed by atoms with Crippen molar-refractivity contribution in [1.82, 2.24) is 0 Å².